The number of Topliss-reactive ketones (excluding diaryl/α,β-unsaturated/α-hetero) is 1. The number of nitrogens with one attached hydrogen (secondary N) is 1. The standard InChI is InChI=1S/C76H115N2O22P/c1-13-14-15-16-17-18-19-20-21-22-23-25-34-41-60(81)91-48-55(49-94-101(89,90)93-45-44-78(10,11)12)95-61(82)42-35-26-24-27-36-43-62(83)97-67(64(53-37-30-28-31-38-53)77-72(88)100-73(4,5)6)71(87)96-57-46-56-66(98-70(86)54-39-32-29-33-40-54)68-75(9,69(85)65(84)63(51(57)2)74(56,7)8)58(80)47-59-76(68,50-92-59)99-52(3)79/h28-33,37-40,55-59,64-68,80,84H,13-27,34-36,41-50H2,1-12H3,(H-,77,88,89,90)/t55-,56?,57?,58-,59+,64-,65+,66+,67+,68-,75+,76-/m0/s1. The second-order valence-corrected chi connectivity index (χ2v) is 32.0. The largest absolute Gasteiger partial charge is 0.756 e. The van der Waals surface area contributed by atoms with Crippen LogP contribution < -0.4 is 10.2 Å². The van der Waals surface area contributed by atoms with Crippen molar-refractivity contribution in [3.8, 4) is 0 Å². The van der Waals surface area contributed by atoms with Crippen molar-refractivity contribution >= 4 is 55.5 Å². The topological polar surface area (TPSA) is 321 Å². The molecule has 3 fully saturated rings. The van der Waals surface area contributed by atoms with Gasteiger partial charge in [0.1, 0.15) is 55.8 Å². The Morgan fingerprint density at radius 3 is 1.78 bits per heavy atom. The second kappa shape index (κ2) is 38.6. The summed E-state index contributed by atoms with van der Waals surface area (Å²) in [6.07, 6.45) is 5.34. The molecule has 13 atom stereocenters. The molecule has 24 nitrogen and oxygen atoms in total. The van der Waals surface area contributed by atoms with Crippen LogP contribution >= 0.6 is 7.82 Å². The average Bonchev–Trinajstić information content (AvgIpc) is 0.679. The van der Waals surface area contributed by atoms with Gasteiger partial charge in [-0.25, -0.2) is 14.4 Å². The minimum Gasteiger partial charge on any atom is -0.756 e. The van der Waals surface area contributed by atoms with Crippen LogP contribution in [0.5, 0.6) is 0 Å². The molecule has 101 heavy (non-hydrogen) atoms. The first-order valence-electron chi connectivity index (χ1n) is 36.5. The third-order valence-corrected chi connectivity index (χ3v) is 21.0. The Balaban J connectivity index is 1.14. The summed E-state index contributed by atoms with van der Waals surface area (Å²) < 4.78 is 71.4. The van der Waals surface area contributed by atoms with Crippen LogP contribution in [0.3, 0.4) is 0 Å². The maximum absolute atomic E-state index is 15.4. The zero-order valence-corrected chi connectivity index (χ0v) is 62.7. The Kier molecular flexibility index (Phi) is 32.0. The molecule has 0 spiro atoms. The summed E-state index contributed by atoms with van der Waals surface area (Å²) in [7, 11) is 0.789. The quantitative estimate of drug-likeness (QED) is 0.0139. The molecule has 566 valence electrons. The lowest BCUT2D eigenvalue weighted by atomic mass is 9.46. The number of fused-ring (bicyclic) bond motifs is 5. The van der Waals surface area contributed by atoms with Gasteiger partial charge in [0.05, 0.1) is 57.4 Å². The first kappa shape index (κ1) is 83.8. The van der Waals surface area contributed by atoms with Crippen LogP contribution in [0.1, 0.15) is 232 Å². The van der Waals surface area contributed by atoms with E-state index < -0.39 is 151 Å². The van der Waals surface area contributed by atoms with Crippen molar-refractivity contribution in [1.82, 2.24) is 5.32 Å². The van der Waals surface area contributed by atoms with E-state index >= 15 is 9.59 Å². The van der Waals surface area contributed by atoms with Crippen molar-refractivity contribution in [2.45, 2.75) is 270 Å². The average molecular weight is 1440 g/mol. The predicted molar refractivity (Wildman–Crippen MR) is 372 cm³/mol. The molecule has 2 aromatic rings. The SMILES string of the molecule is CCCCCCCCCCCCCCCC(=O)OC[C@@H](COP(=O)([O-])OCC[N+](C)(C)C)OC(=O)CCCCCCCC(=O)O[C@@H](C(=O)OC1CC2[C@@H](OC(=O)c3ccccc3)[C@@H]3[C@]4(OC(C)=O)CO[C@@H]4C[C@H](O)[C@@]3(C)C(=O)[C@H](O)C(=C1C)C2(C)C)[C@@H](NC(=O)OC(C)(C)C)c1ccccc1. The predicted octanol–water partition coefficient (Wildman–Crippen LogP) is 11.6. The molecule has 3 unspecified atom stereocenters. The Morgan fingerprint density at radius 2 is 1.26 bits per heavy atom. The number of ether oxygens (including phenoxy) is 8. The van der Waals surface area contributed by atoms with Crippen molar-refractivity contribution in [2.24, 2.45) is 22.7 Å². The number of nitrogens with zero attached hydrogens (tertiary/aromatic N) is 1. The van der Waals surface area contributed by atoms with Gasteiger partial charge in [0.25, 0.3) is 7.82 Å². The first-order chi connectivity index (χ1) is 47.6. The molecular weight excluding hydrogens is 1320 g/mol. The summed E-state index contributed by atoms with van der Waals surface area (Å²) in [5.74, 6) is -7.87. The van der Waals surface area contributed by atoms with Crippen LogP contribution in [-0.4, -0.2) is 170 Å². The fourth-order valence-electron chi connectivity index (χ4n) is 14.6. The Bertz CT molecular complexity index is 3130. The summed E-state index contributed by atoms with van der Waals surface area (Å²) in [5.41, 5.74) is -4.98. The van der Waals surface area contributed by atoms with Crippen LogP contribution in [0, 0.1) is 22.7 Å². The molecule has 4 aliphatic rings. The van der Waals surface area contributed by atoms with Crippen LogP contribution in [-0.2, 0) is 80.3 Å². The number of aliphatic hydroxyl groups excluding tert-OH is 2. The fraction of sp³-hybridized carbons (Fsp3) is 0.711. The first-order valence-corrected chi connectivity index (χ1v) is 38.0. The van der Waals surface area contributed by atoms with Gasteiger partial charge in [-0.2, -0.15) is 0 Å². The monoisotopic (exact) mass is 1440 g/mol. The van der Waals surface area contributed by atoms with Gasteiger partial charge in [-0.1, -0.05) is 166 Å². The minimum atomic E-state index is -4.83. The van der Waals surface area contributed by atoms with E-state index in [1.165, 1.54) is 65.2 Å². The summed E-state index contributed by atoms with van der Waals surface area (Å²) in [6.45, 7) is 13.9. The zero-order valence-electron chi connectivity index (χ0n) is 61.8. The third kappa shape index (κ3) is 24.5. The molecule has 3 aliphatic carbocycles. The van der Waals surface area contributed by atoms with Crippen LogP contribution in [0.2, 0.25) is 0 Å². The zero-order chi connectivity index (χ0) is 74.3. The maximum Gasteiger partial charge on any atom is 0.408 e. The number of phosphoric acid groups is 1. The summed E-state index contributed by atoms with van der Waals surface area (Å²) >= 11 is 0. The van der Waals surface area contributed by atoms with E-state index in [2.05, 4.69) is 12.2 Å². The number of alkyl carbamates (subject to hydrolysis) is 1. The van der Waals surface area contributed by atoms with E-state index in [-0.39, 0.29) is 68.4 Å². The van der Waals surface area contributed by atoms with Crippen LogP contribution in [0.4, 0.5) is 4.79 Å². The van der Waals surface area contributed by atoms with Gasteiger partial charge in [-0.3, -0.25) is 28.5 Å². The number of unbranched alkanes of at least 4 members (excludes halogenated alkanes) is 16. The normalized spacial score (nSPS) is 24.6. The number of aliphatic hydroxyl groups is 2. The highest BCUT2D eigenvalue weighted by atomic mass is 31.2. The number of quaternary nitrogens is 1. The van der Waals surface area contributed by atoms with Gasteiger partial charge in [-0.15, -0.1) is 0 Å². The molecule has 6 rings (SSSR count). The number of esters is 6. The van der Waals surface area contributed by atoms with Gasteiger partial charge in [-0.05, 0) is 94.6 Å². The van der Waals surface area contributed by atoms with E-state index in [1.807, 2.05) is 21.1 Å². The van der Waals surface area contributed by atoms with Gasteiger partial charge >= 0.3 is 41.9 Å². The van der Waals surface area contributed by atoms with Crippen molar-refractivity contribution in [3.63, 3.8) is 0 Å². The van der Waals surface area contributed by atoms with Crippen LogP contribution in [0.25, 0.3) is 0 Å². The minimum absolute atomic E-state index is 0.0759. The lowest BCUT2D eigenvalue weighted by Crippen LogP contribution is -2.79. The van der Waals surface area contributed by atoms with Gasteiger partial charge in [0.15, 0.2) is 17.5 Å². The lowest BCUT2D eigenvalue weighted by Gasteiger charge is -2.65. The second-order valence-electron chi connectivity index (χ2n) is 30.5. The van der Waals surface area contributed by atoms with E-state index in [4.69, 9.17) is 46.9 Å². The van der Waals surface area contributed by atoms with Crippen molar-refractivity contribution in [1.29, 1.82) is 0 Å². The number of carbonyl (C=O) groups excluding carboxylic acids is 8. The number of carbonyl (C=O) groups is 8. The van der Waals surface area contributed by atoms with E-state index in [1.54, 1.807) is 102 Å². The Labute approximate surface area is 597 Å². The summed E-state index contributed by atoms with van der Waals surface area (Å²) in [6, 6.07) is 14.9. The molecule has 2 bridgehead atoms. The smallest absolute Gasteiger partial charge is 0.408 e. The van der Waals surface area contributed by atoms with Gasteiger partial charge < -0.3 is 71.8 Å². The lowest BCUT2D eigenvalue weighted by molar-refractivity contribution is -0.870. The Morgan fingerprint density at radius 1 is 0.723 bits per heavy atom. The molecule has 2 aromatic carbocycles. The van der Waals surface area contributed by atoms with E-state index in [0.717, 1.165) is 25.7 Å². The number of likely N-dealkylation sites (N-methyl/N-ethyl adjacent to an activating group) is 1. The molecule has 0 aromatic heterocycles. The molecule has 1 saturated heterocycles. The third-order valence-electron chi connectivity index (χ3n) is 20.0. The number of hydrogen-bond donors (Lipinski definition) is 3. The molecule has 1 heterocycles. The maximum atomic E-state index is 15.4. The summed E-state index contributed by atoms with van der Waals surface area (Å²) in [5, 5.41) is 27.5. The van der Waals surface area contributed by atoms with Crippen molar-refractivity contribution in [2.75, 3.05) is 54.1 Å². The number of rotatable bonds is 41. The van der Waals surface area contributed by atoms with E-state index in [9.17, 15) is 48.4 Å². The van der Waals surface area contributed by atoms with Crippen molar-refractivity contribution in [3.05, 3.63) is 82.9 Å². The highest BCUT2D eigenvalue weighted by Gasteiger charge is 2.75. The number of phosphoric ester groups is 1. The molecular formula is C76H115N2O22P. The highest BCUT2D eigenvalue weighted by molar-refractivity contribution is 7.45. The Hall–Kier alpha value is -6.11. The molecule has 1 aliphatic heterocycles. The van der Waals surface area contributed by atoms with Crippen LogP contribution in [0.15, 0.2) is 71.8 Å². The molecule has 25 heteroatoms. The molecule has 3 N–H and O–H groups in total. The highest BCUT2D eigenvalue weighted by Crippen LogP contribution is 2.63. The molecule has 2 saturated carbocycles. The number of amides is 1. The number of hydrogen-bond acceptors (Lipinski definition) is 22. The fourth-order valence-corrected chi connectivity index (χ4v) is 15.3. The molecule has 0 radical (unpaired) electrons. The van der Waals surface area contributed by atoms with Gasteiger partial charge in [0, 0.05) is 38.5 Å². The number of ketones is 1. The molecule has 1 amide bonds. The van der Waals surface area contributed by atoms with Crippen molar-refractivity contribution < 1.29 is 109 Å². The summed E-state index contributed by atoms with van der Waals surface area (Å²) in [4.78, 5) is 125. The van der Waals surface area contributed by atoms with E-state index in [0.29, 0.717) is 48.7 Å². The number of benzene rings is 2. The van der Waals surface area contributed by atoms with Gasteiger partial charge in [0.2, 0.25) is 6.10 Å².